The number of hydrogen-bond acceptors (Lipinski definition) is 5. The fraction of sp³-hybridized carbons (Fsp3) is 0.192. The zero-order chi connectivity index (χ0) is 38.3. The predicted octanol–water partition coefficient (Wildman–Crippen LogP) is 11.4. The lowest BCUT2D eigenvalue weighted by Gasteiger charge is -2.34. The first-order chi connectivity index (χ1) is 28.0. The Balaban J connectivity index is 0.999. The number of hydrogen-bond donors (Lipinski definition) is 1. The van der Waals surface area contributed by atoms with Gasteiger partial charge in [-0.15, -0.1) is 0 Å². The average Bonchev–Trinajstić information content (AvgIpc) is 3.51. The highest BCUT2D eigenvalue weighted by Gasteiger charge is 2.32. The zero-order valence-corrected chi connectivity index (χ0v) is 32.4. The van der Waals surface area contributed by atoms with Gasteiger partial charge in [-0.2, -0.15) is 0 Å². The van der Waals surface area contributed by atoms with Crippen molar-refractivity contribution in [1.29, 1.82) is 0 Å². The number of allylic oxidation sites excluding steroid dienone is 2. The van der Waals surface area contributed by atoms with E-state index in [-0.39, 0.29) is 23.3 Å². The van der Waals surface area contributed by atoms with Crippen LogP contribution in [-0.4, -0.2) is 29.4 Å². The molecule has 4 unspecified atom stereocenters. The van der Waals surface area contributed by atoms with Gasteiger partial charge in [-0.25, -0.2) is 4.99 Å². The van der Waals surface area contributed by atoms with Crippen LogP contribution < -0.4 is 5.32 Å². The van der Waals surface area contributed by atoms with E-state index in [0.717, 1.165) is 47.6 Å². The molecule has 4 aliphatic rings. The average molecular weight is 740 g/mol. The topological polar surface area (TPSA) is 62.0 Å². The summed E-state index contributed by atoms with van der Waals surface area (Å²) < 4.78 is 0. The predicted molar refractivity (Wildman–Crippen MR) is 238 cm³/mol. The molecule has 6 aromatic rings. The van der Waals surface area contributed by atoms with Gasteiger partial charge in [-0.05, 0) is 110 Å². The largest absolute Gasteiger partial charge is 0.367 e. The number of amidine groups is 2. The van der Waals surface area contributed by atoms with Crippen LogP contribution in [0.1, 0.15) is 65.3 Å². The van der Waals surface area contributed by atoms with E-state index < -0.39 is 0 Å². The molecule has 0 amide bonds. The van der Waals surface area contributed by atoms with E-state index in [0.29, 0.717) is 6.54 Å². The van der Waals surface area contributed by atoms with E-state index in [4.69, 9.17) is 9.98 Å². The minimum atomic E-state index is -0.178. The van der Waals surface area contributed by atoms with Gasteiger partial charge in [-0.3, -0.25) is 15.0 Å². The molecular weight excluding hydrogens is 695 g/mol. The van der Waals surface area contributed by atoms with Gasteiger partial charge in [0.25, 0.3) is 0 Å². The fourth-order valence-electron chi connectivity index (χ4n) is 9.15. The number of rotatable bonds is 6. The highest BCUT2D eigenvalue weighted by Crippen LogP contribution is 2.45. The minimum Gasteiger partial charge on any atom is -0.367 e. The summed E-state index contributed by atoms with van der Waals surface area (Å²) in [6.45, 7) is 5.22. The molecule has 0 bridgehead atoms. The molecule has 0 radical (unpaired) electrons. The molecule has 4 atom stereocenters. The van der Waals surface area contributed by atoms with E-state index in [1.807, 2.05) is 36.9 Å². The Morgan fingerprint density at radius 1 is 0.719 bits per heavy atom. The van der Waals surface area contributed by atoms with Crippen LogP contribution in [0.4, 0.5) is 0 Å². The molecule has 0 saturated heterocycles. The molecule has 5 aromatic carbocycles. The summed E-state index contributed by atoms with van der Waals surface area (Å²) >= 11 is 0. The molecular formula is C52H45N5. The first-order valence-electron chi connectivity index (χ1n) is 20.2. The third-order valence-electron chi connectivity index (χ3n) is 12.3. The van der Waals surface area contributed by atoms with Crippen LogP contribution in [0, 0.1) is 11.8 Å². The van der Waals surface area contributed by atoms with Gasteiger partial charge in [0.2, 0.25) is 0 Å². The van der Waals surface area contributed by atoms with Crippen molar-refractivity contribution in [1.82, 2.24) is 10.3 Å². The Morgan fingerprint density at radius 3 is 2.37 bits per heavy atom. The Hall–Kier alpha value is -6.46. The van der Waals surface area contributed by atoms with Crippen molar-refractivity contribution in [3.05, 3.63) is 185 Å². The summed E-state index contributed by atoms with van der Waals surface area (Å²) in [7, 11) is 0. The monoisotopic (exact) mass is 739 g/mol. The molecule has 0 spiro atoms. The van der Waals surface area contributed by atoms with Gasteiger partial charge in [0.1, 0.15) is 11.7 Å². The van der Waals surface area contributed by atoms with Crippen molar-refractivity contribution in [3.63, 3.8) is 0 Å². The fourth-order valence-corrected chi connectivity index (χ4v) is 9.15. The lowest BCUT2D eigenvalue weighted by Crippen LogP contribution is -2.28. The molecule has 0 fully saturated rings. The molecule has 57 heavy (non-hydrogen) atoms. The summed E-state index contributed by atoms with van der Waals surface area (Å²) in [4.78, 5) is 19.1. The van der Waals surface area contributed by atoms with Crippen LogP contribution in [0.15, 0.2) is 161 Å². The number of benzene rings is 5. The van der Waals surface area contributed by atoms with Crippen molar-refractivity contribution in [2.24, 2.45) is 26.8 Å². The van der Waals surface area contributed by atoms with E-state index in [1.165, 1.54) is 55.3 Å². The van der Waals surface area contributed by atoms with E-state index in [1.54, 1.807) is 0 Å². The van der Waals surface area contributed by atoms with Crippen molar-refractivity contribution < 1.29 is 0 Å². The lowest BCUT2D eigenvalue weighted by molar-refractivity contribution is 0.589. The quantitative estimate of drug-likeness (QED) is 0.185. The third-order valence-corrected chi connectivity index (χ3v) is 12.3. The van der Waals surface area contributed by atoms with Gasteiger partial charge in [0, 0.05) is 54.2 Å². The lowest BCUT2D eigenvalue weighted by atomic mass is 9.69. The summed E-state index contributed by atoms with van der Waals surface area (Å²) in [5.74, 6) is 1.89. The van der Waals surface area contributed by atoms with Crippen molar-refractivity contribution in [2.75, 3.05) is 6.54 Å². The second-order valence-corrected chi connectivity index (χ2v) is 16.1. The molecule has 2 aliphatic carbocycles. The summed E-state index contributed by atoms with van der Waals surface area (Å²) in [5, 5.41) is 6.41. The summed E-state index contributed by atoms with van der Waals surface area (Å²) in [5.41, 5.74) is 13.9. The maximum Gasteiger partial charge on any atom is 0.135 e. The van der Waals surface area contributed by atoms with Gasteiger partial charge in [-0.1, -0.05) is 129 Å². The van der Waals surface area contributed by atoms with Gasteiger partial charge >= 0.3 is 0 Å². The van der Waals surface area contributed by atoms with Crippen molar-refractivity contribution >= 4 is 40.8 Å². The molecule has 10 rings (SSSR count). The van der Waals surface area contributed by atoms with E-state index in [9.17, 15) is 0 Å². The second kappa shape index (κ2) is 14.6. The van der Waals surface area contributed by atoms with E-state index >= 15 is 0 Å². The Kier molecular flexibility index (Phi) is 8.94. The number of fused-ring (bicyclic) bond motifs is 6. The molecule has 5 nitrogen and oxygen atoms in total. The number of nitrogens with one attached hydrogen (secondary N) is 1. The molecule has 1 aromatic heterocycles. The van der Waals surface area contributed by atoms with E-state index in [2.05, 4.69) is 157 Å². The molecule has 3 heterocycles. The highest BCUT2D eigenvalue weighted by molar-refractivity contribution is 6.09. The minimum absolute atomic E-state index is 0.0417. The van der Waals surface area contributed by atoms with Gasteiger partial charge in [0.15, 0.2) is 0 Å². The first-order valence-corrected chi connectivity index (χ1v) is 20.2. The summed E-state index contributed by atoms with van der Waals surface area (Å²) in [6.07, 6.45) is 22.4. The Bertz CT molecular complexity index is 2700. The van der Waals surface area contributed by atoms with Crippen LogP contribution in [0.3, 0.4) is 0 Å². The number of pyridine rings is 1. The standard InChI is InChI=1S/C52H45N5/c1-34-32-54-27-23-42(34)51-56-49(36-21-25-53-26-22-36)33-55-50(57-51)40-14-8-12-37(28-40)38-13-9-15-41(29-38)52(2)24-20-46-44-17-7-6-16-43(44)45-19-18-39(30-47(45)48(46)31-52)35-10-4-3-5-11-35/h3-6,8-16,18-30,32,34,42,49H,7,17,31,33H2,1-2H3,(H,55,56,57). The van der Waals surface area contributed by atoms with Gasteiger partial charge < -0.3 is 5.32 Å². The smallest absolute Gasteiger partial charge is 0.135 e. The molecule has 5 heteroatoms. The number of aliphatic imine (C=N–C) groups is 3. The first kappa shape index (κ1) is 35.0. The maximum absolute atomic E-state index is 5.25. The second-order valence-electron chi connectivity index (χ2n) is 16.1. The highest BCUT2D eigenvalue weighted by atomic mass is 15.1. The van der Waals surface area contributed by atoms with Gasteiger partial charge in [0.05, 0.1) is 6.04 Å². The third kappa shape index (κ3) is 6.57. The number of nitrogens with zero attached hydrogens (tertiary/aromatic N) is 4. The normalized spacial score (nSPS) is 22.2. The molecule has 2 aliphatic heterocycles. The zero-order valence-electron chi connectivity index (χ0n) is 32.4. The van der Waals surface area contributed by atoms with Crippen LogP contribution in [-0.2, 0) is 18.3 Å². The Morgan fingerprint density at radius 2 is 1.51 bits per heavy atom. The number of aromatic nitrogens is 1. The van der Waals surface area contributed by atoms with Crippen LogP contribution >= 0.6 is 0 Å². The van der Waals surface area contributed by atoms with Crippen molar-refractivity contribution in [3.8, 4) is 22.3 Å². The molecule has 1 N–H and O–H groups in total. The van der Waals surface area contributed by atoms with Crippen molar-refractivity contribution in [2.45, 2.75) is 44.6 Å². The molecule has 0 saturated carbocycles. The van der Waals surface area contributed by atoms with Crippen LogP contribution in [0.5, 0.6) is 0 Å². The summed E-state index contributed by atoms with van der Waals surface area (Å²) in [6, 6.07) is 39.8. The SMILES string of the molecule is CC1C=NC=CC1C1=NC(c2ccncc2)CNC(c2cccc(-c3cccc(C4(C)C=Cc5c6c(c7ccc(-c8ccccc8)cc7c5C4)C=CCC6)c3)c2)=N1. The van der Waals surface area contributed by atoms with Crippen LogP contribution in [0.25, 0.3) is 45.2 Å². The maximum atomic E-state index is 5.25. The Labute approximate surface area is 335 Å². The molecule has 278 valence electrons. The van der Waals surface area contributed by atoms with Crippen LogP contribution in [0.2, 0.25) is 0 Å².